The van der Waals surface area contributed by atoms with E-state index >= 15 is 0 Å². The number of esters is 1. The first-order chi connectivity index (χ1) is 13.2. The van der Waals surface area contributed by atoms with Crippen LogP contribution >= 0.6 is 0 Å². The molecular weight excluding hydrogens is 350 g/mol. The Morgan fingerprint density at radius 3 is 2.78 bits per heavy atom. The average Bonchev–Trinajstić information content (AvgIpc) is 3.33. The molecule has 9 nitrogen and oxygen atoms in total. The van der Waals surface area contributed by atoms with Crippen LogP contribution in [0.1, 0.15) is 22.1 Å². The second kappa shape index (κ2) is 7.16. The Kier molecular flexibility index (Phi) is 4.40. The molecule has 9 heteroatoms. The lowest BCUT2D eigenvalue weighted by Crippen LogP contribution is -2.07. The smallest absolute Gasteiger partial charge is 0.359 e. The molecule has 0 atom stereocenters. The van der Waals surface area contributed by atoms with Gasteiger partial charge in [0.25, 0.3) is 11.8 Å². The van der Waals surface area contributed by atoms with Gasteiger partial charge >= 0.3 is 5.97 Å². The van der Waals surface area contributed by atoms with Crippen LogP contribution in [0.3, 0.4) is 0 Å². The molecule has 0 radical (unpaired) electrons. The molecule has 27 heavy (non-hydrogen) atoms. The summed E-state index contributed by atoms with van der Waals surface area (Å²) in [5, 5.41) is 12.0. The molecule has 3 heterocycles. The molecule has 4 rings (SSSR count). The van der Waals surface area contributed by atoms with Gasteiger partial charge < -0.3 is 13.7 Å². The number of hydrogen-bond donors (Lipinski definition) is 0. The maximum atomic E-state index is 11.9. The first-order valence-electron chi connectivity index (χ1n) is 8.00. The van der Waals surface area contributed by atoms with Crippen molar-refractivity contribution in [1.82, 2.24) is 25.3 Å². The van der Waals surface area contributed by atoms with E-state index in [2.05, 4.69) is 25.3 Å². The minimum absolute atomic E-state index is 0.0958. The maximum Gasteiger partial charge on any atom is 0.359 e. The Bertz CT molecular complexity index is 1060. The first-order valence-corrected chi connectivity index (χ1v) is 8.00. The first kappa shape index (κ1) is 16.6. The Morgan fingerprint density at radius 2 is 2.00 bits per heavy atom. The second-order valence-corrected chi connectivity index (χ2v) is 5.50. The molecule has 0 aliphatic carbocycles. The van der Waals surface area contributed by atoms with E-state index in [4.69, 9.17) is 13.7 Å². The molecule has 0 saturated heterocycles. The van der Waals surface area contributed by atoms with Crippen LogP contribution in [0.2, 0.25) is 0 Å². The van der Waals surface area contributed by atoms with Gasteiger partial charge in [0.15, 0.2) is 12.3 Å². The molecule has 3 aromatic heterocycles. The summed E-state index contributed by atoms with van der Waals surface area (Å²) in [6.07, 6.45) is 4.18. The van der Waals surface area contributed by atoms with Gasteiger partial charge in [-0.2, -0.15) is 0 Å². The molecule has 4 aromatic rings. The molecule has 0 bridgehead atoms. The summed E-state index contributed by atoms with van der Waals surface area (Å²) in [4.78, 5) is 19.6. The number of carbonyl (C=O) groups excluding carboxylic acids is 1. The number of hydrogen-bond acceptors (Lipinski definition) is 9. The summed E-state index contributed by atoms with van der Waals surface area (Å²) in [6, 6.07) is 9.51. The van der Waals surface area contributed by atoms with Gasteiger partial charge in [-0.05, 0) is 6.92 Å². The zero-order valence-corrected chi connectivity index (χ0v) is 14.2. The predicted octanol–water partition coefficient (Wildman–Crippen LogP) is 2.85. The van der Waals surface area contributed by atoms with Crippen LogP contribution in [-0.4, -0.2) is 31.3 Å². The third-order valence-electron chi connectivity index (χ3n) is 3.69. The number of rotatable bonds is 5. The van der Waals surface area contributed by atoms with E-state index in [1.165, 1.54) is 18.6 Å². The van der Waals surface area contributed by atoms with Crippen LogP contribution in [0.5, 0.6) is 0 Å². The zero-order valence-electron chi connectivity index (χ0n) is 14.2. The van der Waals surface area contributed by atoms with E-state index in [0.717, 1.165) is 5.56 Å². The molecule has 1 aromatic carbocycles. The lowest BCUT2D eigenvalue weighted by Gasteiger charge is -2.00. The summed E-state index contributed by atoms with van der Waals surface area (Å²) in [6.45, 7) is 1.57. The third kappa shape index (κ3) is 3.43. The van der Waals surface area contributed by atoms with Crippen molar-refractivity contribution in [3.8, 4) is 22.7 Å². The van der Waals surface area contributed by atoms with Crippen molar-refractivity contribution in [2.24, 2.45) is 0 Å². The Labute approximate surface area is 153 Å². The van der Waals surface area contributed by atoms with Crippen LogP contribution in [0.4, 0.5) is 0 Å². The summed E-state index contributed by atoms with van der Waals surface area (Å²) < 4.78 is 16.0. The zero-order chi connectivity index (χ0) is 18.6. The Morgan fingerprint density at radius 1 is 1.15 bits per heavy atom. The van der Waals surface area contributed by atoms with Gasteiger partial charge in [-0.15, -0.1) is 10.2 Å². The molecular formula is C18H13N5O4. The molecule has 0 amide bonds. The van der Waals surface area contributed by atoms with Crippen molar-refractivity contribution in [1.29, 1.82) is 0 Å². The normalized spacial score (nSPS) is 10.7. The minimum Gasteiger partial charge on any atom is -0.451 e. The predicted molar refractivity (Wildman–Crippen MR) is 91.1 cm³/mol. The van der Waals surface area contributed by atoms with Crippen molar-refractivity contribution < 1.29 is 18.5 Å². The molecule has 0 unspecified atom stereocenters. The average molecular weight is 363 g/mol. The van der Waals surface area contributed by atoms with Crippen LogP contribution in [-0.2, 0) is 11.3 Å². The van der Waals surface area contributed by atoms with E-state index in [1.807, 2.05) is 30.3 Å². The van der Waals surface area contributed by atoms with Gasteiger partial charge in [0, 0.05) is 18.0 Å². The van der Waals surface area contributed by atoms with Crippen LogP contribution in [0.15, 0.2) is 57.9 Å². The van der Waals surface area contributed by atoms with Crippen LogP contribution < -0.4 is 0 Å². The highest BCUT2D eigenvalue weighted by molar-refractivity contribution is 5.86. The van der Waals surface area contributed by atoms with Crippen molar-refractivity contribution in [2.45, 2.75) is 13.5 Å². The van der Waals surface area contributed by atoms with Crippen LogP contribution in [0, 0.1) is 6.92 Å². The molecule has 0 N–H and O–H groups in total. The lowest BCUT2D eigenvalue weighted by molar-refractivity contribution is 0.0431. The standard InChI is InChI=1S/C18H13N5O4/c1-11-15(16(23-27-11)12-5-3-2-4-6-12)17-22-21-14(26-17)10-25-18(24)13-9-19-7-8-20-13/h2-9H,10H2,1H3. The van der Waals surface area contributed by atoms with Gasteiger partial charge in [-0.3, -0.25) is 4.98 Å². The van der Waals surface area contributed by atoms with Crippen molar-refractivity contribution in [2.75, 3.05) is 0 Å². The fraction of sp³-hybridized carbons (Fsp3) is 0.111. The highest BCUT2D eigenvalue weighted by atomic mass is 16.5. The van der Waals surface area contributed by atoms with E-state index in [9.17, 15) is 4.79 Å². The number of nitrogens with zero attached hydrogens (tertiary/aromatic N) is 5. The van der Waals surface area contributed by atoms with Gasteiger partial charge in [-0.1, -0.05) is 35.5 Å². The number of carbonyl (C=O) groups is 1. The van der Waals surface area contributed by atoms with E-state index < -0.39 is 5.97 Å². The van der Waals surface area contributed by atoms with Gasteiger partial charge in [0.1, 0.15) is 17.0 Å². The molecule has 0 fully saturated rings. The third-order valence-corrected chi connectivity index (χ3v) is 3.69. The molecule has 0 saturated carbocycles. The highest BCUT2D eigenvalue weighted by Gasteiger charge is 2.22. The fourth-order valence-corrected chi connectivity index (χ4v) is 2.44. The summed E-state index contributed by atoms with van der Waals surface area (Å²) in [5.74, 6) is 0.287. The van der Waals surface area contributed by atoms with E-state index in [-0.39, 0.29) is 24.1 Å². The fourth-order valence-electron chi connectivity index (χ4n) is 2.44. The monoisotopic (exact) mass is 363 g/mol. The quantitative estimate of drug-likeness (QED) is 0.493. The summed E-state index contributed by atoms with van der Waals surface area (Å²) in [7, 11) is 0. The number of aromatic nitrogens is 5. The minimum atomic E-state index is -0.631. The van der Waals surface area contributed by atoms with Gasteiger partial charge in [-0.25, -0.2) is 9.78 Å². The van der Waals surface area contributed by atoms with E-state index in [1.54, 1.807) is 6.92 Å². The van der Waals surface area contributed by atoms with Crippen molar-refractivity contribution >= 4 is 5.97 Å². The van der Waals surface area contributed by atoms with Crippen molar-refractivity contribution in [3.05, 3.63) is 66.3 Å². The number of ether oxygens (including phenoxy) is 1. The second-order valence-electron chi connectivity index (χ2n) is 5.50. The highest BCUT2D eigenvalue weighted by Crippen LogP contribution is 2.33. The van der Waals surface area contributed by atoms with Gasteiger partial charge in [0.2, 0.25) is 0 Å². The van der Waals surface area contributed by atoms with Crippen LogP contribution in [0.25, 0.3) is 22.7 Å². The summed E-state index contributed by atoms with van der Waals surface area (Å²) >= 11 is 0. The maximum absolute atomic E-state index is 11.9. The molecule has 0 aliphatic rings. The Balaban J connectivity index is 1.54. The SMILES string of the molecule is Cc1onc(-c2ccccc2)c1-c1nnc(COC(=O)c2cnccn2)o1. The molecule has 0 spiro atoms. The van der Waals surface area contributed by atoms with Gasteiger partial charge in [0.05, 0.1) is 6.20 Å². The largest absolute Gasteiger partial charge is 0.451 e. The number of benzene rings is 1. The lowest BCUT2D eigenvalue weighted by atomic mass is 10.1. The van der Waals surface area contributed by atoms with E-state index in [0.29, 0.717) is 17.0 Å². The number of aryl methyl sites for hydroxylation is 1. The molecule has 134 valence electrons. The molecule has 0 aliphatic heterocycles. The Hall–Kier alpha value is -3.88. The topological polar surface area (TPSA) is 117 Å². The van der Waals surface area contributed by atoms with Crippen molar-refractivity contribution in [3.63, 3.8) is 0 Å². The summed E-state index contributed by atoms with van der Waals surface area (Å²) in [5.41, 5.74) is 2.15.